The zero-order chi connectivity index (χ0) is 28.8. The second kappa shape index (κ2) is 17.7. The van der Waals surface area contributed by atoms with Crippen LogP contribution in [0.4, 0.5) is 5.00 Å². The van der Waals surface area contributed by atoms with E-state index in [4.69, 9.17) is 6.57 Å². The van der Waals surface area contributed by atoms with Crippen LogP contribution < -0.4 is 4.90 Å². The SMILES string of the molecule is [C-]#[N+]C1=C(C)/C(=C\c2cc(Br)c(N(CCCCCC)CCCCCC)s2)C(=O)N(CC(CC)CCCC)C1=O. The lowest BCUT2D eigenvalue weighted by Crippen LogP contribution is -2.44. The molecule has 0 aliphatic carbocycles. The highest BCUT2D eigenvalue weighted by atomic mass is 79.9. The molecule has 216 valence electrons. The van der Waals surface area contributed by atoms with E-state index >= 15 is 0 Å². The maximum atomic E-state index is 13.7. The average molecular weight is 619 g/mol. The minimum atomic E-state index is -0.446. The van der Waals surface area contributed by atoms with Gasteiger partial charge in [0.15, 0.2) is 0 Å². The summed E-state index contributed by atoms with van der Waals surface area (Å²) < 4.78 is 1.04. The highest BCUT2D eigenvalue weighted by Crippen LogP contribution is 2.39. The number of imide groups is 1. The van der Waals surface area contributed by atoms with Crippen molar-refractivity contribution in [1.82, 2.24) is 4.90 Å². The first-order chi connectivity index (χ1) is 18.8. The van der Waals surface area contributed by atoms with Crippen molar-refractivity contribution < 1.29 is 9.59 Å². The third-order valence-electron chi connectivity index (χ3n) is 7.60. The number of hydrogen-bond donors (Lipinski definition) is 0. The van der Waals surface area contributed by atoms with Crippen molar-refractivity contribution in [3.8, 4) is 0 Å². The van der Waals surface area contributed by atoms with Gasteiger partial charge in [0.2, 0.25) is 0 Å². The molecule has 0 radical (unpaired) electrons. The molecule has 39 heavy (non-hydrogen) atoms. The van der Waals surface area contributed by atoms with Gasteiger partial charge in [-0.3, -0.25) is 14.5 Å². The molecule has 1 aliphatic heterocycles. The average Bonchev–Trinajstić information content (AvgIpc) is 3.29. The molecule has 1 aromatic heterocycles. The van der Waals surface area contributed by atoms with E-state index < -0.39 is 5.91 Å². The molecule has 1 aliphatic rings. The normalized spacial score (nSPS) is 15.8. The second-order valence-corrected chi connectivity index (χ2v) is 12.6. The van der Waals surface area contributed by atoms with Crippen molar-refractivity contribution in [2.45, 2.75) is 112 Å². The van der Waals surface area contributed by atoms with Gasteiger partial charge in [0.05, 0.1) is 11.0 Å². The zero-order valence-electron chi connectivity index (χ0n) is 24.8. The van der Waals surface area contributed by atoms with Gasteiger partial charge in [0.25, 0.3) is 17.5 Å². The molecule has 0 fully saturated rings. The van der Waals surface area contributed by atoms with Gasteiger partial charge in [-0.25, -0.2) is 4.85 Å². The van der Waals surface area contributed by atoms with Crippen molar-refractivity contribution >= 4 is 50.2 Å². The Bertz CT molecular complexity index is 1040. The smallest absolute Gasteiger partial charge is 0.260 e. The number of halogens is 1. The highest BCUT2D eigenvalue weighted by molar-refractivity contribution is 9.10. The first-order valence-electron chi connectivity index (χ1n) is 15.0. The number of unbranched alkanes of at least 4 members (excludes halogenated alkanes) is 7. The van der Waals surface area contributed by atoms with Crippen LogP contribution in [0.15, 0.2) is 27.4 Å². The van der Waals surface area contributed by atoms with Gasteiger partial charge >= 0.3 is 0 Å². The Kier molecular flexibility index (Phi) is 15.1. The Balaban J connectivity index is 2.37. The van der Waals surface area contributed by atoms with Crippen LogP contribution in [-0.2, 0) is 9.59 Å². The molecule has 1 unspecified atom stereocenters. The van der Waals surface area contributed by atoms with Crippen molar-refractivity contribution in [2.75, 3.05) is 24.5 Å². The summed E-state index contributed by atoms with van der Waals surface area (Å²) >= 11 is 5.48. The summed E-state index contributed by atoms with van der Waals surface area (Å²) in [5.74, 6) is -0.471. The zero-order valence-corrected chi connectivity index (χ0v) is 27.2. The summed E-state index contributed by atoms with van der Waals surface area (Å²) in [7, 11) is 0. The van der Waals surface area contributed by atoms with Crippen LogP contribution in [0.2, 0.25) is 0 Å². The summed E-state index contributed by atoms with van der Waals surface area (Å²) in [5.41, 5.74) is 1.01. The molecule has 7 heteroatoms. The third-order valence-corrected chi connectivity index (χ3v) is 9.61. The summed E-state index contributed by atoms with van der Waals surface area (Å²) in [4.78, 5) is 35.1. The Morgan fingerprint density at radius 3 is 2.13 bits per heavy atom. The van der Waals surface area contributed by atoms with Gasteiger partial charge in [-0.2, -0.15) is 0 Å². The fraction of sp³-hybridized carbons (Fsp3) is 0.656. The van der Waals surface area contributed by atoms with Crippen LogP contribution in [0.1, 0.15) is 117 Å². The topological polar surface area (TPSA) is 45.0 Å². The molecular weight excluding hydrogens is 570 g/mol. The van der Waals surface area contributed by atoms with E-state index in [1.807, 2.05) is 6.08 Å². The summed E-state index contributed by atoms with van der Waals surface area (Å²) in [6, 6.07) is 2.08. The molecule has 0 bridgehead atoms. The van der Waals surface area contributed by atoms with Crippen LogP contribution in [-0.4, -0.2) is 36.3 Å². The lowest BCUT2D eigenvalue weighted by Gasteiger charge is -2.30. The van der Waals surface area contributed by atoms with Crippen LogP contribution in [0.5, 0.6) is 0 Å². The number of amides is 2. The predicted molar refractivity (Wildman–Crippen MR) is 170 cm³/mol. The minimum absolute atomic E-state index is 0.0653. The molecule has 2 heterocycles. The van der Waals surface area contributed by atoms with E-state index in [1.54, 1.807) is 18.3 Å². The molecule has 0 saturated carbocycles. The van der Waals surface area contributed by atoms with Crippen molar-refractivity contribution in [1.29, 1.82) is 0 Å². The van der Waals surface area contributed by atoms with Crippen LogP contribution >= 0.6 is 27.3 Å². The third kappa shape index (κ3) is 9.60. The quantitative estimate of drug-likeness (QED) is 0.0712. The number of carbonyl (C=O) groups is 2. The maximum Gasteiger partial charge on any atom is 0.260 e. The Morgan fingerprint density at radius 1 is 0.974 bits per heavy atom. The summed E-state index contributed by atoms with van der Waals surface area (Å²) in [6.45, 7) is 20.6. The number of hydrogen-bond acceptors (Lipinski definition) is 4. The number of nitrogens with zero attached hydrogens (tertiary/aromatic N) is 3. The largest absolute Gasteiger partial charge is 0.363 e. The van der Waals surface area contributed by atoms with Gasteiger partial charge in [-0.05, 0) is 65.7 Å². The van der Waals surface area contributed by atoms with E-state index in [1.165, 1.54) is 61.3 Å². The van der Waals surface area contributed by atoms with Gasteiger partial charge in [-0.1, -0.05) is 85.5 Å². The summed E-state index contributed by atoms with van der Waals surface area (Å²) in [6.07, 6.45) is 15.7. The van der Waals surface area contributed by atoms with E-state index in [0.29, 0.717) is 17.7 Å². The van der Waals surface area contributed by atoms with Crippen LogP contribution in [0.25, 0.3) is 10.9 Å². The molecule has 0 spiro atoms. The van der Waals surface area contributed by atoms with Crippen LogP contribution in [0.3, 0.4) is 0 Å². The van der Waals surface area contributed by atoms with Gasteiger partial charge in [0, 0.05) is 30.1 Å². The van der Waals surface area contributed by atoms with Crippen molar-refractivity contribution in [3.05, 3.63) is 43.7 Å². The molecular formula is C32H48BrN3O2S. The minimum Gasteiger partial charge on any atom is -0.363 e. The lowest BCUT2D eigenvalue weighted by atomic mass is 9.94. The number of rotatable bonds is 18. The molecule has 0 aromatic carbocycles. The van der Waals surface area contributed by atoms with Crippen LogP contribution in [0, 0.1) is 12.5 Å². The van der Waals surface area contributed by atoms with E-state index in [2.05, 4.69) is 59.4 Å². The fourth-order valence-corrected chi connectivity index (χ4v) is 6.97. The first-order valence-corrected chi connectivity index (χ1v) is 16.6. The molecule has 1 atom stereocenters. The second-order valence-electron chi connectivity index (χ2n) is 10.7. The van der Waals surface area contributed by atoms with Crippen molar-refractivity contribution in [2.24, 2.45) is 5.92 Å². The molecule has 2 rings (SSSR count). The molecule has 1 aromatic rings. The molecule has 2 amide bonds. The maximum absolute atomic E-state index is 13.7. The van der Waals surface area contributed by atoms with Gasteiger partial charge in [-0.15, -0.1) is 11.3 Å². The number of thiophene rings is 1. The van der Waals surface area contributed by atoms with E-state index in [0.717, 1.165) is 48.1 Å². The van der Waals surface area contributed by atoms with E-state index in [9.17, 15) is 9.59 Å². The van der Waals surface area contributed by atoms with Gasteiger partial charge in [0.1, 0.15) is 5.00 Å². The highest BCUT2D eigenvalue weighted by Gasteiger charge is 2.36. The van der Waals surface area contributed by atoms with E-state index in [-0.39, 0.29) is 17.5 Å². The lowest BCUT2D eigenvalue weighted by molar-refractivity contribution is -0.141. The fourth-order valence-electron chi connectivity index (χ4n) is 5.04. The predicted octanol–water partition coefficient (Wildman–Crippen LogP) is 9.64. The summed E-state index contributed by atoms with van der Waals surface area (Å²) in [5, 5.41) is 1.20. The van der Waals surface area contributed by atoms with Crippen molar-refractivity contribution in [3.63, 3.8) is 0 Å². The standard InChI is InChI=1S/C32H48BrN3O2S/c1-7-11-14-16-19-35(20-17-15-12-8-2)32-28(33)22-26(39-32)21-27-24(5)29(34-6)31(38)36(30(27)37)23-25(10-4)18-13-9-3/h21-22,25H,7-20,23H2,1-5H3/b27-21+. The number of anilines is 1. The molecule has 5 nitrogen and oxygen atoms in total. The number of carbonyl (C=O) groups excluding carboxylic acids is 2. The monoisotopic (exact) mass is 617 g/mol. The molecule has 0 saturated heterocycles. The Hall–Kier alpha value is -1.91. The Labute approximate surface area is 249 Å². The Morgan fingerprint density at radius 2 is 1.59 bits per heavy atom. The van der Waals surface area contributed by atoms with Gasteiger partial charge < -0.3 is 4.90 Å². The first kappa shape index (κ1) is 33.3. The molecule has 0 N–H and O–H groups in total.